The summed E-state index contributed by atoms with van der Waals surface area (Å²) in [7, 11) is 1.66. The molecular weight excluding hydrogens is 372 g/mol. The Morgan fingerprint density at radius 3 is 2.37 bits per heavy atom. The average molecular weight is 396 g/mol. The molecule has 30 heavy (non-hydrogen) atoms. The van der Waals surface area contributed by atoms with E-state index in [1.165, 1.54) is 5.56 Å². The number of nitrogens with one attached hydrogen (secondary N) is 1. The Kier molecular flexibility index (Phi) is 4.83. The van der Waals surface area contributed by atoms with Crippen molar-refractivity contribution in [2.75, 3.05) is 12.4 Å². The number of hydrogen-bond donors (Lipinski definition) is 1. The van der Waals surface area contributed by atoms with Crippen LogP contribution in [0.3, 0.4) is 0 Å². The highest BCUT2D eigenvalue weighted by Crippen LogP contribution is 2.44. The van der Waals surface area contributed by atoms with Gasteiger partial charge in [-0.3, -0.25) is 9.79 Å². The Labute approximate surface area is 176 Å². The second-order valence-electron chi connectivity index (χ2n) is 7.98. The topological polar surface area (TPSA) is 50.7 Å². The van der Waals surface area contributed by atoms with Crippen LogP contribution >= 0.6 is 0 Å². The molecule has 3 unspecified atom stereocenters. The van der Waals surface area contributed by atoms with Gasteiger partial charge in [0.2, 0.25) is 0 Å². The van der Waals surface area contributed by atoms with Gasteiger partial charge in [0, 0.05) is 12.1 Å². The number of ketones is 1. The van der Waals surface area contributed by atoms with E-state index in [0.29, 0.717) is 6.42 Å². The maximum Gasteiger partial charge on any atom is 0.144 e. The molecule has 4 nitrogen and oxygen atoms in total. The largest absolute Gasteiger partial charge is 0.497 e. The molecule has 3 aromatic carbocycles. The Morgan fingerprint density at radius 2 is 1.60 bits per heavy atom. The van der Waals surface area contributed by atoms with Crippen molar-refractivity contribution in [3.8, 4) is 5.75 Å². The molecule has 0 amide bonds. The smallest absolute Gasteiger partial charge is 0.144 e. The fourth-order valence-corrected chi connectivity index (χ4v) is 4.65. The van der Waals surface area contributed by atoms with Gasteiger partial charge in [0.1, 0.15) is 11.5 Å². The van der Waals surface area contributed by atoms with E-state index >= 15 is 0 Å². The van der Waals surface area contributed by atoms with Gasteiger partial charge in [-0.05, 0) is 47.7 Å². The normalized spacial score (nSPS) is 22.8. The van der Waals surface area contributed by atoms with Crippen LogP contribution in [0.4, 0.5) is 11.4 Å². The zero-order chi connectivity index (χ0) is 20.5. The minimum Gasteiger partial charge on any atom is -0.497 e. The number of aliphatic imine (C=N–C) groups is 1. The number of rotatable bonds is 3. The third-order valence-electron chi connectivity index (χ3n) is 6.17. The molecule has 1 aliphatic carbocycles. The average Bonchev–Trinajstić information content (AvgIpc) is 2.96. The minimum absolute atomic E-state index is 0.150. The van der Waals surface area contributed by atoms with E-state index in [4.69, 9.17) is 9.73 Å². The number of anilines is 1. The van der Waals surface area contributed by atoms with Crippen molar-refractivity contribution in [3.63, 3.8) is 0 Å². The Balaban J connectivity index is 1.58. The van der Waals surface area contributed by atoms with Crippen molar-refractivity contribution < 1.29 is 9.53 Å². The molecule has 150 valence electrons. The highest BCUT2D eigenvalue weighted by atomic mass is 16.5. The first-order chi connectivity index (χ1) is 14.7. The molecule has 5 rings (SSSR count). The van der Waals surface area contributed by atoms with Crippen LogP contribution in [0.1, 0.15) is 35.9 Å². The first-order valence-corrected chi connectivity index (χ1v) is 10.4. The molecular formula is C26H24N2O2. The second kappa shape index (κ2) is 7.79. The number of ether oxygens (including phenoxy) is 1. The number of para-hydroxylation sites is 2. The standard InChI is InChI=1S/C26H24N2O2/c1-30-20-13-11-18(12-14-20)26-25-23(27-21-9-5-6-10-22(21)28-26)15-19(16-24(25)29)17-7-3-2-4-8-17/h2-14,19,25-26,28H,15-16H2,1H3. The lowest BCUT2D eigenvalue weighted by Gasteiger charge is -2.34. The minimum atomic E-state index is -0.272. The van der Waals surface area contributed by atoms with Crippen LogP contribution in [0.15, 0.2) is 83.9 Å². The summed E-state index contributed by atoms with van der Waals surface area (Å²) < 4.78 is 5.32. The number of nitrogens with zero attached hydrogens (tertiary/aromatic N) is 1. The molecule has 2 aliphatic rings. The van der Waals surface area contributed by atoms with Gasteiger partial charge >= 0.3 is 0 Å². The number of carbonyl (C=O) groups is 1. The van der Waals surface area contributed by atoms with E-state index in [9.17, 15) is 4.79 Å². The maximum atomic E-state index is 13.5. The zero-order valence-electron chi connectivity index (χ0n) is 16.9. The molecule has 3 atom stereocenters. The zero-order valence-corrected chi connectivity index (χ0v) is 16.9. The van der Waals surface area contributed by atoms with Crippen LogP contribution < -0.4 is 10.1 Å². The van der Waals surface area contributed by atoms with Crippen molar-refractivity contribution in [1.82, 2.24) is 0 Å². The molecule has 1 N–H and O–H groups in total. The number of hydrogen-bond acceptors (Lipinski definition) is 4. The van der Waals surface area contributed by atoms with Crippen molar-refractivity contribution in [1.29, 1.82) is 0 Å². The fraction of sp³-hybridized carbons (Fsp3) is 0.231. The maximum absolute atomic E-state index is 13.5. The summed E-state index contributed by atoms with van der Waals surface area (Å²) in [6.07, 6.45) is 1.33. The first-order valence-electron chi connectivity index (χ1n) is 10.4. The summed E-state index contributed by atoms with van der Waals surface area (Å²) in [5.74, 6) is 0.956. The molecule has 0 bridgehead atoms. The Morgan fingerprint density at radius 1 is 0.867 bits per heavy atom. The molecule has 1 saturated carbocycles. The molecule has 3 aromatic rings. The number of carbonyl (C=O) groups excluding carboxylic acids is 1. The molecule has 0 spiro atoms. The summed E-state index contributed by atoms with van der Waals surface area (Å²) in [6.45, 7) is 0. The molecule has 0 saturated heterocycles. The number of benzene rings is 3. The van der Waals surface area contributed by atoms with Crippen molar-refractivity contribution in [2.45, 2.75) is 24.8 Å². The van der Waals surface area contributed by atoms with Crippen LogP contribution in [0.25, 0.3) is 0 Å². The SMILES string of the molecule is COc1ccc(C2Nc3ccccc3N=C3CC(c4ccccc4)CC(=O)C32)cc1. The van der Waals surface area contributed by atoms with E-state index in [1.54, 1.807) is 7.11 Å². The number of fused-ring (bicyclic) bond motifs is 2. The third kappa shape index (κ3) is 3.39. The van der Waals surface area contributed by atoms with E-state index in [-0.39, 0.29) is 23.7 Å². The summed E-state index contributed by atoms with van der Waals surface area (Å²) in [5.41, 5.74) is 5.10. The molecule has 1 fully saturated rings. The lowest BCUT2D eigenvalue weighted by molar-refractivity contribution is -0.122. The van der Waals surface area contributed by atoms with Gasteiger partial charge in [0.05, 0.1) is 30.4 Å². The molecule has 4 heteroatoms. The third-order valence-corrected chi connectivity index (χ3v) is 6.17. The summed E-state index contributed by atoms with van der Waals surface area (Å²) in [5, 5.41) is 3.62. The Hall–Kier alpha value is -3.40. The number of methoxy groups -OCH3 is 1. The van der Waals surface area contributed by atoms with Crippen LogP contribution in [0.5, 0.6) is 5.75 Å². The van der Waals surface area contributed by atoms with E-state index in [0.717, 1.165) is 34.8 Å². The van der Waals surface area contributed by atoms with Gasteiger partial charge in [-0.15, -0.1) is 0 Å². The van der Waals surface area contributed by atoms with Crippen LogP contribution in [-0.2, 0) is 4.79 Å². The molecule has 1 heterocycles. The Bertz CT molecular complexity index is 1090. The highest BCUT2D eigenvalue weighted by molar-refractivity contribution is 6.10. The fourth-order valence-electron chi connectivity index (χ4n) is 4.65. The van der Waals surface area contributed by atoms with E-state index in [2.05, 4.69) is 17.4 Å². The van der Waals surface area contributed by atoms with E-state index < -0.39 is 0 Å². The van der Waals surface area contributed by atoms with Crippen LogP contribution in [0, 0.1) is 5.92 Å². The molecule has 0 radical (unpaired) electrons. The van der Waals surface area contributed by atoms with Gasteiger partial charge < -0.3 is 10.1 Å². The van der Waals surface area contributed by atoms with Gasteiger partial charge in [-0.1, -0.05) is 54.6 Å². The van der Waals surface area contributed by atoms with Crippen LogP contribution in [-0.4, -0.2) is 18.6 Å². The van der Waals surface area contributed by atoms with Crippen LogP contribution in [0.2, 0.25) is 0 Å². The predicted molar refractivity (Wildman–Crippen MR) is 120 cm³/mol. The van der Waals surface area contributed by atoms with Gasteiger partial charge in [0.15, 0.2) is 0 Å². The number of Topliss-reactive ketones (excluding diaryl/α,β-unsaturated/α-hetero) is 1. The van der Waals surface area contributed by atoms with E-state index in [1.807, 2.05) is 66.7 Å². The van der Waals surface area contributed by atoms with Crippen molar-refractivity contribution in [2.24, 2.45) is 10.9 Å². The van der Waals surface area contributed by atoms with Gasteiger partial charge in [-0.2, -0.15) is 0 Å². The molecule has 0 aromatic heterocycles. The highest BCUT2D eigenvalue weighted by Gasteiger charge is 2.41. The van der Waals surface area contributed by atoms with Crippen molar-refractivity contribution >= 4 is 22.9 Å². The second-order valence-corrected chi connectivity index (χ2v) is 7.98. The summed E-state index contributed by atoms with van der Waals surface area (Å²) in [4.78, 5) is 18.5. The first kappa shape index (κ1) is 18.6. The lowest BCUT2D eigenvalue weighted by atomic mass is 9.72. The molecule has 1 aliphatic heterocycles. The quantitative estimate of drug-likeness (QED) is 0.618. The van der Waals surface area contributed by atoms with Gasteiger partial charge in [0.25, 0.3) is 0 Å². The van der Waals surface area contributed by atoms with Crippen molar-refractivity contribution in [3.05, 3.63) is 90.0 Å². The lowest BCUT2D eigenvalue weighted by Crippen LogP contribution is -2.38. The summed E-state index contributed by atoms with van der Waals surface area (Å²) in [6, 6.07) is 26.2. The summed E-state index contributed by atoms with van der Waals surface area (Å²) >= 11 is 0. The van der Waals surface area contributed by atoms with Gasteiger partial charge in [-0.25, -0.2) is 0 Å². The monoisotopic (exact) mass is 396 g/mol. The predicted octanol–water partition coefficient (Wildman–Crippen LogP) is 5.70.